The molecule has 7 aliphatic carbocycles. The third-order valence-electron chi connectivity index (χ3n) is 26.6. The minimum atomic E-state index is 0. The average Bonchev–Trinajstić information content (AvgIpc) is 1.08. The average molecular weight is 1470 g/mol. The summed E-state index contributed by atoms with van der Waals surface area (Å²) in [5.74, 6) is 12.0. The smallest absolute Gasteiger partial charge is 0.0681 e. The van der Waals surface area contributed by atoms with Gasteiger partial charge in [-0.1, -0.05) is 330 Å². The summed E-state index contributed by atoms with van der Waals surface area (Å²) in [6.07, 6.45) is 14.9. The molecule has 7 aliphatic rings. The highest BCUT2D eigenvalue weighted by Gasteiger charge is 2.44. The van der Waals surface area contributed by atoms with Crippen molar-refractivity contribution in [1.82, 2.24) is 0 Å². The van der Waals surface area contributed by atoms with Gasteiger partial charge in [0.2, 0.25) is 0 Å². The third-order valence-corrected chi connectivity index (χ3v) is 26.6. The van der Waals surface area contributed by atoms with Gasteiger partial charge in [-0.3, -0.25) is 0 Å². The molecule has 1 N–H and O–H groups in total. The zero-order valence-electron chi connectivity index (χ0n) is 72.3. The quantitative estimate of drug-likeness (QED) is 0.140. The monoisotopic (exact) mass is 1470 g/mol. The van der Waals surface area contributed by atoms with E-state index in [1.165, 1.54) is 95.9 Å². The van der Waals surface area contributed by atoms with E-state index in [9.17, 15) is 5.11 Å². The summed E-state index contributed by atoms with van der Waals surface area (Å²) in [7, 11) is 5.55. The second-order valence-electron chi connectivity index (χ2n) is 38.2. The van der Waals surface area contributed by atoms with Gasteiger partial charge in [0, 0.05) is 39.1 Å². The SMILES string of the molecule is C.CC(C)[C@@H]1c2cc(CO)ccc2CC[C@@H]1C.CC(C)[C@@H]1c2ccccc2CC[C@@H]1C.CC(C)[C@@H]1c2ccccc2C[C@@H]1C.CC(C)[C@H]1CCCc2ccccc21.CO[C@@H]1CC(C)(C)c2ccccc2[C@@H]1C(C)C.CO[C@@H]1CC(C)(C)c2ccccc2[C@@H]1C(C)C.CO[C@H]1CC(C)(C)c2ccccc2[C@H]1C(C)C. The Bertz CT molecular complexity index is 3650. The first-order valence-corrected chi connectivity index (χ1v) is 42.6. The zero-order valence-corrected chi connectivity index (χ0v) is 72.3. The van der Waals surface area contributed by atoms with Crippen molar-refractivity contribution in [2.45, 2.75) is 320 Å². The molecule has 0 spiro atoms. The number of methoxy groups -OCH3 is 3. The molecule has 4 nitrogen and oxygen atoms in total. The van der Waals surface area contributed by atoms with E-state index in [0.717, 1.165) is 78.1 Å². The number of benzene rings is 7. The van der Waals surface area contributed by atoms with Crippen LogP contribution in [0.15, 0.2) is 164 Å². The molecule has 0 radical (unpaired) electrons. The van der Waals surface area contributed by atoms with Crippen LogP contribution in [0.5, 0.6) is 0 Å². The maximum Gasteiger partial charge on any atom is 0.0681 e. The maximum absolute atomic E-state index is 9.23. The van der Waals surface area contributed by atoms with Gasteiger partial charge in [0.15, 0.2) is 0 Å². The fraction of sp³-hybridized carbons (Fsp3) is 0.596. The van der Waals surface area contributed by atoms with Crippen LogP contribution in [0.2, 0.25) is 0 Å². The summed E-state index contributed by atoms with van der Waals surface area (Å²) in [5, 5.41) is 9.23. The van der Waals surface area contributed by atoms with Gasteiger partial charge >= 0.3 is 0 Å². The highest BCUT2D eigenvalue weighted by molar-refractivity contribution is 5.44. The lowest BCUT2D eigenvalue weighted by atomic mass is 9.65. The molecule has 0 aromatic heterocycles. The summed E-state index contributed by atoms with van der Waals surface area (Å²) in [6, 6.07) is 60.0. The molecular weight excluding hydrogens is 1310 g/mol. The highest BCUT2D eigenvalue weighted by Crippen LogP contribution is 2.51. The van der Waals surface area contributed by atoms with E-state index in [0.29, 0.717) is 65.7 Å². The van der Waals surface area contributed by atoms with E-state index in [2.05, 4.69) is 323 Å². The normalized spacial score (nSPS) is 25.6. The molecule has 108 heavy (non-hydrogen) atoms. The van der Waals surface area contributed by atoms with E-state index < -0.39 is 0 Å². The molecule has 0 bridgehead atoms. The van der Waals surface area contributed by atoms with Gasteiger partial charge in [-0.2, -0.15) is 0 Å². The minimum Gasteiger partial charge on any atom is -0.392 e. The Morgan fingerprint density at radius 1 is 0.333 bits per heavy atom. The summed E-state index contributed by atoms with van der Waals surface area (Å²) in [4.78, 5) is 0. The van der Waals surface area contributed by atoms with Crippen molar-refractivity contribution in [3.8, 4) is 0 Å². The summed E-state index contributed by atoms with van der Waals surface area (Å²) < 4.78 is 17.3. The molecule has 4 heteroatoms. The van der Waals surface area contributed by atoms with Crippen LogP contribution in [0.4, 0.5) is 0 Å². The van der Waals surface area contributed by atoms with Gasteiger partial charge < -0.3 is 19.3 Å². The molecule has 594 valence electrons. The number of hydrogen-bond acceptors (Lipinski definition) is 4. The Labute approximate surface area is 663 Å². The van der Waals surface area contributed by atoms with Crippen LogP contribution in [0.25, 0.3) is 0 Å². The number of aliphatic hydroxyl groups is 1. The number of aliphatic hydroxyl groups excluding tert-OH is 1. The highest BCUT2D eigenvalue weighted by atomic mass is 16.5. The summed E-state index contributed by atoms with van der Waals surface area (Å²) >= 11 is 0. The molecule has 0 saturated carbocycles. The predicted octanol–water partition coefficient (Wildman–Crippen LogP) is 27.9. The van der Waals surface area contributed by atoms with Gasteiger partial charge in [-0.15, -0.1) is 0 Å². The minimum absolute atomic E-state index is 0. The lowest BCUT2D eigenvalue weighted by Gasteiger charge is -2.43. The van der Waals surface area contributed by atoms with Crippen molar-refractivity contribution in [2.75, 3.05) is 21.3 Å². The number of rotatable bonds is 11. The van der Waals surface area contributed by atoms with Gasteiger partial charge in [0.1, 0.15) is 0 Å². The van der Waals surface area contributed by atoms with E-state index >= 15 is 0 Å². The Kier molecular flexibility index (Phi) is 33.4. The van der Waals surface area contributed by atoms with Gasteiger partial charge in [0.25, 0.3) is 0 Å². The number of fused-ring (bicyclic) bond motifs is 7. The van der Waals surface area contributed by atoms with E-state index in [1.54, 1.807) is 33.4 Å². The fourth-order valence-electron chi connectivity index (χ4n) is 21.6. The second kappa shape index (κ2) is 40.2. The van der Waals surface area contributed by atoms with Gasteiger partial charge in [-0.05, 0) is 253 Å². The molecule has 14 rings (SSSR count). The van der Waals surface area contributed by atoms with Crippen molar-refractivity contribution >= 4 is 0 Å². The van der Waals surface area contributed by atoms with Crippen LogP contribution in [0.1, 0.15) is 336 Å². The van der Waals surface area contributed by atoms with Gasteiger partial charge in [-0.25, -0.2) is 0 Å². The molecular formula is C104H154O4. The fourth-order valence-corrected chi connectivity index (χ4v) is 21.6. The number of ether oxygens (including phenoxy) is 3. The molecule has 0 unspecified atom stereocenters. The first kappa shape index (κ1) is 89.6. The summed E-state index contributed by atoms with van der Waals surface area (Å²) in [6.45, 7) is 53.7. The Morgan fingerprint density at radius 2 is 0.639 bits per heavy atom. The number of hydrogen-bond donors (Lipinski definition) is 1. The van der Waals surface area contributed by atoms with Crippen molar-refractivity contribution in [3.05, 3.63) is 247 Å². The van der Waals surface area contributed by atoms with Gasteiger partial charge in [0.05, 0.1) is 24.9 Å². The zero-order chi connectivity index (χ0) is 78.4. The van der Waals surface area contributed by atoms with E-state index in [4.69, 9.17) is 14.2 Å². The molecule has 7 aromatic carbocycles. The molecule has 0 fully saturated rings. The Hall–Kier alpha value is -5.62. The maximum atomic E-state index is 9.23. The van der Waals surface area contributed by atoms with Crippen molar-refractivity contribution < 1.29 is 19.3 Å². The van der Waals surface area contributed by atoms with Crippen LogP contribution in [-0.2, 0) is 62.7 Å². The largest absolute Gasteiger partial charge is 0.392 e. The van der Waals surface area contributed by atoms with Crippen molar-refractivity contribution in [1.29, 1.82) is 0 Å². The first-order chi connectivity index (χ1) is 50.7. The van der Waals surface area contributed by atoms with Crippen LogP contribution >= 0.6 is 0 Å². The molecule has 0 saturated heterocycles. The Morgan fingerprint density at radius 3 is 1.00 bits per heavy atom. The molecule has 0 heterocycles. The molecule has 0 amide bonds. The number of aryl methyl sites for hydroxylation is 3. The molecule has 7 aromatic rings. The van der Waals surface area contributed by atoms with E-state index in [1.807, 2.05) is 21.3 Å². The van der Waals surface area contributed by atoms with Crippen molar-refractivity contribution in [2.24, 2.45) is 59.2 Å². The van der Waals surface area contributed by atoms with Crippen LogP contribution < -0.4 is 0 Å². The molecule has 0 aliphatic heterocycles. The standard InChI is InChI=1S/3C16H24O.C15H22O.C14H20.2C13H18.CH4/c3*1-11(2)15-12-8-6-7-9-13(12)16(3,4)10-14(15)17-5;1-10(2)15-11(3)4-6-13-7-5-12(9-16)8-14(13)15;1-10(2)14-11(3)8-9-12-6-4-5-7-13(12)14;1-9(2)13-10(3)8-11-6-4-5-7-12(11)13;1-10(2)12-9-5-7-11-6-3-4-8-13(11)12;/h3*6-9,11,14-15H,10H2,1-5H3;5,7-8,10-11,15-16H,4,6,9H2,1-3H3;4-7,10-11,14H,8-9H2,1-3H3;4-7,9-10,13H,8H2,1-3H3;3-4,6,8,10,12H,5,7,9H2,1-2H3;1H4/t3*14-,15+;11-,15-;11-,14-;10-,13-;12-;/m1100001./s1. The third kappa shape index (κ3) is 21.6. The predicted molar refractivity (Wildman–Crippen MR) is 467 cm³/mol. The van der Waals surface area contributed by atoms with Crippen LogP contribution in [0, 0.1) is 59.2 Å². The van der Waals surface area contributed by atoms with Crippen molar-refractivity contribution in [3.63, 3.8) is 0 Å². The Balaban J connectivity index is 0.000000176. The topological polar surface area (TPSA) is 47.9 Å². The summed E-state index contributed by atoms with van der Waals surface area (Å²) in [5.41, 5.74) is 23.3. The molecule has 13 atom stereocenters. The lowest BCUT2D eigenvalue weighted by molar-refractivity contribution is 0.0329. The van der Waals surface area contributed by atoms with E-state index in [-0.39, 0.29) is 30.3 Å². The lowest BCUT2D eigenvalue weighted by Crippen LogP contribution is -2.39. The first-order valence-electron chi connectivity index (χ1n) is 42.6. The second-order valence-corrected chi connectivity index (χ2v) is 38.2. The van der Waals surface area contributed by atoms with Crippen LogP contribution in [0.3, 0.4) is 0 Å². The van der Waals surface area contributed by atoms with Crippen LogP contribution in [-0.4, -0.2) is 44.7 Å².